The predicted molar refractivity (Wildman–Crippen MR) is 77.0 cm³/mol. The van der Waals surface area contributed by atoms with Crippen LogP contribution in [0.25, 0.3) is 0 Å². The fourth-order valence-electron chi connectivity index (χ4n) is 0.911. The van der Waals surface area contributed by atoms with Crippen LogP contribution in [0.4, 0.5) is 26.3 Å². The highest BCUT2D eigenvalue weighted by Gasteiger charge is 2.16. The van der Waals surface area contributed by atoms with Crippen molar-refractivity contribution in [2.24, 2.45) is 4.99 Å². The lowest BCUT2D eigenvalue weighted by Crippen LogP contribution is -1.95. The largest absolute Gasteiger partial charge is 0.386 e. The SMILES string of the molecule is C=C(C)N=Cc1ccccc1C.CC(F)(F)F.CC(F)(F)F. The second kappa shape index (κ2) is 10.0. The average molecular weight is 327 g/mol. The molecule has 0 bridgehead atoms. The van der Waals surface area contributed by atoms with Gasteiger partial charge >= 0.3 is 12.4 Å². The van der Waals surface area contributed by atoms with Crippen LogP contribution in [0.3, 0.4) is 0 Å². The van der Waals surface area contributed by atoms with Crippen LogP contribution in [-0.2, 0) is 0 Å². The molecule has 1 aromatic carbocycles. The number of rotatable bonds is 2. The zero-order valence-corrected chi connectivity index (χ0v) is 12.8. The molecule has 0 aromatic heterocycles. The van der Waals surface area contributed by atoms with Crippen molar-refractivity contribution in [1.82, 2.24) is 0 Å². The molecule has 126 valence electrons. The highest BCUT2D eigenvalue weighted by atomic mass is 19.4. The van der Waals surface area contributed by atoms with Gasteiger partial charge in [0.05, 0.1) is 0 Å². The molecule has 0 saturated carbocycles. The number of hydrogen-bond donors (Lipinski definition) is 0. The van der Waals surface area contributed by atoms with Gasteiger partial charge < -0.3 is 0 Å². The lowest BCUT2D eigenvalue weighted by Gasteiger charge is -1.96. The summed E-state index contributed by atoms with van der Waals surface area (Å²) in [6.45, 7) is 8.03. The first kappa shape index (κ1) is 22.5. The fourth-order valence-corrected chi connectivity index (χ4v) is 0.911. The molecule has 7 heteroatoms. The van der Waals surface area contributed by atoms with E-state index in [1.165, 1.54) is 5.56 Å². The average Bonchev–Trinajstić information content (AvgIpc) is 2.23. The molecular weight excluding hydrogens is 308 g/mol. The van der Waals surface area contributed by atoms with Crippen LogP contribution in [0.2, 0.25) is 0 Å². The molecule has 0 aliphatic rings. The van der Waals surface area contributed by atoms with Gasteiger partial charge in [0.15, 0.2) is 0 Å². The second-order valence-corrected chi connectivity index (χ2v) is 4.41. The Balaban J connectivity index is 0. The third-order valence-corrected chi connectivity index (χ3v) is 1.61. The summed E-state index contributed by atoms with van der Waals surface area (Å²) in [5.41, 5.74) is 3.22. The number of hydrogen-bond acceptors (Lipinski definition) is 1. The molecule has 0 aliphatic heterocycles. The molecule has 0 spiro atoms. The molecule has 1 aromatic rings. The van der Waals surface area contributed by atoms with Gasteiger partial charge in [-0.3, -0.25) is 4.99 Å². The van der Waals surface area contributed by atoms with E-state index in [1.54, 1.807) is 0 Å². The number of allylic oxidation sites excluding steroid dienone is 1. The van der Waals surface area contributed by atoms with Gasteiger partial charge in [0.25, 0.3) is 0 Å². The Hall–Kier alpha value is -1.79. The van der Waals surface area contributed by atoms with E-state index in [9.17, 15) is 26.3 Å². The van der Waals surface area contributed by atoms with Crippen LogP contribution < -0.4 is 0 Å². The molecule has 0 N–H and O–H groups in total. The molecule has 0 radical (unpaired) electrons. The molecule has 0 atom stereocenters. The van der Waals surface area contributed by atoms with E-state index in [1.807, 2.05) is 31.3 Å². The van der Waals surface area contributed by atoms with Gasteiger partial charge in [-0.05, 0) is 25.0 Å². The highest BCUT2D eigenvalue weighted by Crippen LogP contribution is 2.10. The molecule has 0 saturated heterocycles. The van der Waals surface area contributed by atoms with Gasteiger partial charge in [0.1, 0.15) is 0 Å². The summed E-state index contributed by atoms with van der Waals surface area (Å²) in [5.74, 6) is 0. The van der Waals surface area contributed by atoms with E-state index in [-0.39, 0.29) is 13.8 Å². The first-order chi connectivity index (χ1) is 9.70. The Morgan fingerprint density at radius 2 is 1.36 bits per heavy atom. The molecule has 22 heavy (non-hydrogen) atoms. The van der Waals surface area contributed by atoms with Gasteiger partial charge in [-0.1, -0.05) is 30.8 Å². The summed E-state index contributed by atoms with van der Waals surface area (Å²) in [6.07, 6.45) is -6.16. The van der Waals surface area contributed by atoms with E-state index in [0.717, 1.165) is 11.3 Å². The molecule has 0 heterocycles. The van der Waals surface area contributed by atoms with Crippen molar-refractivity contribution in [2.45, 2.75) is 40.0 Å². The Labute approximate surface area is 126 Å². The summed E-state index contributed by atoms with van der Waals surface area (Å²) in [5, 5.41) is 0. The zero-order valence-electron chi connectivity index (χ0n) is 12.8. The summed E-state index contributed by atoms with van der Waals surface area (Å²) in [7, 11) is 0. The Morgan fingerprint density at radius 3 is 1.68 bits per heavy atom. The van der Waals surface area contributed by atoms with E-state index in [4.69, 9.17) is 0 Å². The lowest BCUT2D eigenvalue weighted by molar-refractivity contribution is -0.111. The Kier molecular flexibility index (Phi) is 10.2. The number of aryl methyl sites for hydroxylation is 1. The normalized spacial score (nSPS) is 11.2. The smallest absolute Gasteiger partial charge is 0.262 e. The van der Waals surface area contributed by atoms with Crippen LogP contribution in [-0.4, -0.2) is 18.6 Å². The molecule has 0 unspecified atom stereocenters. The van der Waals surface area contributed by atoms with Crippen LogP contribution in [0.15, 0.2) is 41.5 Å². The predicted octanol–water partition coefficient (Wildman–Crippen LogP) is 6.08. The maximum atomic E-state index is 10.4. The Bertz CT molecular complexity index is 448. The summed E-state index contributed by atoms with van der Waals surface area (Å²) >= 11 is 0. The minimum Gasteiger partial charge on any atom is -0.262 e. The van der Waals surface area contributed by atoms with Crippen molar-refractivity contribution in [2.75, 3.05) is 0 Å². The zero-order chi connectivity index (χ0) is 18.0. The number of alkyl halides is 6. The van der Waals surface area contributed by atoms with Gasteiger partial charge in [-0.15, -0.1) is 0 Å². The van der Waals surface area contributed by atoms with Gasteiger partial charge in [-0.25, -0.2) is 0 Å². The van der Waals surface area contributed by atoms with E-state index in [0.29, 0.717) is 0 Å². The van der Waals surface area contributed by atoms with Crippen molar-refractivity contribution in [1.29, 1.82) is 0 Å². The van der Waals surface area contributed by atoms with Gasteiger partial charge in [-0.2, -0.15) is 26.3 Å². The molecule has 0 aliphatic carbocycles. The maximum Gasteiger partial charge on any atom is 0.386 e. The monoisotopic (exact) mass is 327 g/mol. The molecule has 1 rings (SSSR count). The first-order valence-electron chi connectivity index (χ1n) is 6.09. The second-order valence-electron chi connectivity index (χ2n) is 4.41. The Morgan fingerprint density at radius 1 is 1.00 bits per heavy atom. The van der Waals surface area contributed by atoms with Crippen molar-refractivity contribution < 1.29 is 26.3 Å². The summed E-state index contributed by atoms with van der Waals surface area (Å²) < 4.78 is 62.1. The topological polar surface area (TPSA) is 12.4 Å². The quantitative estimate of drug-likeness (QED) is 0.461. The van der Waals surface area contributed by atoms with Gasteiger partial charge in [0, 0.05) is 25.8 Å². The van der Waals surface area contributed by atoms with Crippen molar-refractivity contribution >= 4 is 6.21 Å². The number of benzene rings is 1. The summed E-state index contributed by atoms with van der Waals surface area (Å²) in [6, 6.07) is 8.14. The van der Waals surface area contributed by atoms with Gasteiger partial charge in [0.2, 0.25) is 0 Å². The van der Waals surface area contributed by atoms with Crippen molar-refractivity contribution in [3.63, 3.8) is 0 Å². The van der Waals surface area contributed by atoms with E-state index >= 15 is 0 Å². The minimum absolute atomic E-state index is 0.188. The van der Waals surface area contributed by atoms with Crippen LogP contribution in [0.5, 0.6) is 0 Å². The highest BCUT2D eigenvalue weighted by molar-refractivity contribution is 5.82. The lowest BCUT2D eigenvalue weighted by atomic mass is 10.1. The minimum atomic E-state index is -4.00. The van der Waals surface area contributed by atoms with Crippen LogP contribution in [0.1, 0.15) is 31.9 Å². The molecule has 0 fully saturated rings. The molecule has 1 nitrogen and oxygen atoms in total. The van der Waals surface area contributed by atoms with Crippen LogP contribution in [0, 0.1) is 6.92 Å². The van der Waals surface area contributed by atoms with Crippen molar-refractivity contribution in [3.8, 4) is 0 Å². The first-order valence-corrected chi connectivity index (χ1v) is 6.09. The molecule has 0 amide bonds. The van der Waals surface area contributed by atoms with E-state index < -0.39 is 12.4 Å². The molecular formula is C15H19F6N. The number of aliphatic imine (C=N–C) groups is 1. The van der Waals surface area contributed by atoms with E-state index in [2.05, 4.69) is 24.6 Å². The van der Waals surface area contributed by atoms with Crippen LogP contribution >= 0.6 is 0 Å². The number of nitrogens with zero attached hydrogens (tertiary/aromatic N) is 1. The standard InChI is InChI=1S/C11H13N.2C2H3F3/c1-9(2)12-8-11-7-5-4-6-10(11)3;2*1-2(3,4)5/h4-8H,1H2,2-3H3;2*1H3. The number of halogens is 6. The van der Waals surface area contributed by atoms with Crippen molar-refractivity contribution in [3.05, 3.63) is 47.7 Å². The third-order valence-electron chi connectivity index (χ3n) is 1.61. The fraction of sp³-hybridized carbons (Fsp3) is 0.400. The maximum absolute atomic E-state index is 10.4. The summed E-state index contributed by atoms with van der Waals surface area (Å²) in [4.78, 5) is 4.14. The third kappa shape index (κ3) is 26.7.